The number of carbonyl (C=O) groups excluding carboxylic acids is 1. The number of hydrogen-bond acceptors (Lipinski definition) is 3. The third kappa shape index (κ3) is 4.12. The average Bonchev–Trinajstić information content (AvgIpc) is 2.64. The lowest BCUT2D eigenvalue weighted by Gasteiger charge is -2.29. The maximum absolute atomic E-state index is 13.0. The second kappa shape index (κ2) is 8.09. The van der Waals surface area contributed by atoms with E-state index < -0.39 is 10.0 Å². The van der Waals surface area contributed by atoms with Gasteiger partial charge in [0.15, 0.2) is 0 Å². The summed E-state index contributed by atoms with van der Waals surface area (Å²) in [5, 5.41) is 3.12. The molecule has 2 fully saturated rings. The van der Waals surface area contributed by atoms with Gasteiger partial charge in [0.1, 0.15) is 0 Å². The second-order valence-electron chi connectivity index (χ2n) is 7.79. The van der Waals surface area contributed by atoms with E-state index in [4.69, 9.17) is 0 Å². The van der Waals surface area contributed by atoms with Crippen LogP contribution < -0.4 is 5.32 Å². The average molecular weight is 379 g/mol. The van der Waals surface area contributed by atoms with Crippen LogP contribution in [0, 0.1) is 12.8 Å². The van der Waals surface area contributed by atoms with Crippen molar-refractivity contribution in [1.29, 1.82) is 0 Å². The minimum Gasteiger partial charge on any atom is -0.349 e. The Hall–Kier alpha value is -1.40. The van der Waals surface area contributed by atoms with Crippen LogP contribution in [0.4, 0.5) is 0 Å². The van der Waals surface area contributed by atoms with Crippen LogP contribution in [0.2, 0.25) is 0 Å². The largest absolute Gasteiger partial charge is 0.349 e. The molecule has 5 nitrogen and oxygen atoms in total. The summed E-state index contributed by atoms with van der Waals surface area (Å²) in [6, 6.07) is 5.21. The molecular weight excluding hydrogens is 348 g/mol. The Balaban J connectivity index is 1.81. The van der Waals surface area contributed by atoms with Crippen LogP contribution in [0.1, 0.15) is 67.8 Å². The monoisotopic (exact) mass is 378 g/mol. The zero-order valence-electron chi connectivity index (χ0n) is 15.8. The first-order chi connectivity index (χ1) is 12.4. The Morgan fingerprint density at radius 1 is 1.08 bits per heavy atom. The van der Waals surface area contributed by atoms with Crippen LogP contribution in [-0.4, -0.2) is 37.8 Å². The predicted octanol–water partition coefficient (Wildman–Crippen LogP) is 3.48. The summed E-state index contributed by atoms with van der Waals surface area (Å²) in [7, 11) is -3.54. The third-order valence-corrected chi connectivity index (χ3v) is 7.85. The van der Waals surface area contributed by atoms with Crippen molar-refractivity contribution in [3.63, 3.8) is 0 Å². The molecule has 1 aromatic carbocycles. The normalized spacial score (nSPS) is 25.0. The van der Waals surface area contributed by atoms with Gasteiger partial charge in [-0.1, -0.05) is 32.3 Å². The zero-order valence-corrected chi connectivity index (χ0v) is 16.6. The molecule has 144 valence electrons. The molecule has 1 amide bonds. The Morgan fingerprint density at radius 2 is 1.77 bits per heavy atom. The van der Waals surface area contributed by atoms with Gasteiger partial charge in [0.05, 0.1) is 4.90 Å². The van der Waals surface area contributed by atoms with Gasteiger partial charge < -0.3 is 5.32 Å². The first kappa shape index (κ1) is 19.4. The van der Waals surface area contributed by atoms with E-state index in [2.05, 4.69) is 12.2 Å². The quantitative estimate of drug-likeness (QED) is 0.872. The first-order valence-corrected chi connectivity index (χ1v) is 11.3. The summed E-state index contributed by atoms with van der Waals surface area (Å²) >= 11 is 0. The molecule has 1 saturated carbocycles. The maximum Gasteiger partial charge on any atom is 0.251 e. The topological polar surface area (TPSA) is 66.5 Å². The summed E-state index contributed by atoms with van der Waals surface area (Å²) in [4.78, 5) is 13.0. The van der Waals surface area contributed by atoms with E-state index in [9.17, 15) is 13.2 Å². The first-order valence-electron chi connectivity index (χ1n) is 9.81. The molecule has 1 aliphatic carbocycles. The van der Waals surface area contributed by atoms with Crippen LogP contribution in [0.5, 0.6) is 0 Å². The number of sulfonamides is 1. The van der Waals surface area contributed by atoms with Gasteiger partial charge in [0.25, 0.3) is 5.91 Å². The fourth-order valence-corrected chi connectivity index (χ4v) is 5.81. The van der Waals surface area contributed by atoms with E-state index in [1.807, 2.05) is 0 Å². The van der Waals surface area contributed by atoms with E-state index in [-0.39, 0.29) is 16.8 Å². The van der Waals surface area contributed by atoms with Crippen LogP contribution in [0.3, 0.4) is 0 Å². The molecule has 26 heavy (non-hydrogen) atoms. The van der Waals surface area contributed by atoms with Gasteiger partial charge in [0, 0.05) is 24.7 Å². The zero-order chi connectivity index (χ0) is 18.7. The molecule has 3 rings (SSSR count). The standard InChI is InChI=1S/C20H30N2O3S/c1-15-8-4-5-9-18(15)21-20(23)17-11-10-16(2)19(14-17)26(24,25)22-12-6-3-7-13-22/h10-11,14-15,18H,3-9,12-13H2,1-2H3,(H,21,23)/t15-,18+/m0/s1. The molecule has 0 unspecified atom stereocenters. The van der Waals surface area contributed by atoms with Crippen molar-refractivity contribution in [3.8, 4) is 0 Å². The van der Waals surface area contributed by atoms with E-state index in [0.29, 0.717) is 30.1 Å². The predicted molar refractivity (Wildman–Crippen MR) is 103 cm³/mol. The number of nitrogens with one attached hydrogen (secondary N) is 1. The van der Waals surface area contributed by atoms with E-state index >= 15 is 0 Å². The number of rotatable bonds is 4. The lowest BCUT2D eigenvalue weighted by molar-refractivity contribution is 0.0910. The van der Waals surface area contributed by atoms with Crippen LogP contribution >= 0.6 is 0 Å². The molecule has 0 bridgehead atoms. The molecule has 0 aromatic heterocycles. The Kier molecular flexibility index (Phi) is 6.03. The van der Waals surface area contributed by atoms with E-state index in [1.165, 1.54) is 6.42 Å². The summed E-state index contributed by atoms with van der Waals surface area (Å²) in [6.45, 7) is 5.10. The summed E-state index contributed by atoms with van der Waals surface area (Å²) in [5.41, 5.74) is 1.13. The van der Waals surface area contributed by atoms with Crippen molar-refractivity contribution in [2.75, 3.05) is 13.1 Å². The highest BCUT2D eigenvalue weighted by Gasteiger charge is 2.29. The summed E-state index contributed by atoms with van der Waals surface area (Å²) in [5.74, 6) is 0.300. The number of hydrogen-bond donors (Lipinski definition) is 1. The molecule has 0 spiro atoms. The van der Waals surface area contributed by atoms with E-state index in [0.717, 1.165) is 38.5 Å². The van der Waals surface area contributed by atoms with Gasteiger partial charge >= 0.3 is 0 Å². The minimum atomic E-state index is -3.54. The molecule has 2 atom stereocenters. The Bertz CT molecular complexity index is 754. The van der Waals surface area contributed by atoms with Crippen molar-refractivity contribution in [2.45, 2.75) is 69.7 Å². The number of aryl methyl sites for hydroxylation is 1. The third-order valence-electron chi connectivity index (χ3n) is 5.81. The lowest BCUT2D eigenvalue weighted by atomic mass is 9.86. The molecule has 1 aromatic rings. The number of nitrogens with zero attached hydrogens (tertiary/aromatic N) is 1. The molecule has 1 heterocycles. The van der Waals surface area contributed by atoms with Gasteiger partial charge in [-0.3, -0.25) is 4.79 Å². The SMILES string of the molecule is Cc1ccc(C(=O)N[C@@H]2CCCC[C@@H]2C)cc1S(=O)(=O)N1CCCCC1. The molecule has 1 N–H and O–H groups in total. The van der Waals surface area contributed by atoms with Crippen LogP contribution in [0.15, 0.2) is 23.1 Å². The molecular formula is C20H30N2O3S. The number of amides is 1. The van der Waals surface area contributed by atoms with Gasteiger partial charge in [-0.25, -0.2) is 8.42 Å². The molecule has 0 radical (unpaired) electrons. The van der Waals surface area contributed by atoms with Gasteiger partial charge in [-0.05, 0) is 56.2 Å². The van der Waals surface area contributed by atoms with Crippen molar-refractivity contribution in [1.82, 2.24) is 9.62 Å². The Morgan fingerprint density at radius 3 is 2.46 bits per heavy atom. The minimum absolute atomic E-state index is 0.168. The highest BCUT2D eigenvalue weighted by molar-refractivity contribution is 7.89. The number of benzene rings is 1. The van der Waals surface area contributed by atoms with Crippen LogP contribution in [-0.2, 0) is 10.0 Å². The number of carbonyl (C=O) groups is 1. The molecule has 1 aliphatic heterocycles. The highest BCUT2D eigenvalue weighted by Crippen LogP contribution is 2.26. The molecule has 1 saturated heterocycles. The van der Waals surface area contributed by atoms with Crippen molar-refractivity contribution in [3.05, 3.63) is 29.3 Å². The van der Waals surface area contributed by atoms with E-state index in [1.54, 1.807) is 29.4 Å². The van der Waals surface area contributed by atoms with Crippen molar-refractivity contribution < 1.29 is 13.2 Å². The molecule has 2 aliphatic rings. The van der Waals surface area contributed by atoms with Gasteiger partial charge in [-0.2, -0.15) is 4.31 Å². The second-order valence-corrected chi connectivity index (χ2v) is 9.69. The fraction of sp³-hybridized carbons (Fsp3) is 0.650. The summed E-state index contributed by atoms with van der Waals surface area (Å²) < 4.78 is 27.6. The van der Waals surface area contributed by atoms with Crippen LogP contribution in [0.25, 0.3) is 0 Å². The van der Waals surface area contributed by atoms with Gasteiger partial charge in [0.2, 0.25) is 10.0 Å². The number of piperidine rings is 1. The van der Waals surface area contributed by atoms with Crippen molar-refractivity contribution >= 4 is 15.9 Å². The Labute approximate surface area is 157 Å². The smallest absolute Gasteiger partial charge is 0.251 e. The molecule has 6 heteroatoms. The van der Waals surface area contributed by atoms with Gasteiger partial charge in [-0.15, -0.1) is 0 Å². The summed E-state index contributed by atoms with van der Waals surface area (Å²) in [6.07, 6.45) is 7.36. The van der Waals surface area contributed by atoms with Crippen molar-refractivity contribution in [2.24, 2.45) is 5.92 Å². The lowest BCUT2D eigenvalue weighted by Crippen LogP contribution is -2.41. The fourth-order valence-electron chi connectivity index (χ4n) is 4.05. The highest BCUT2D eigenvalue weighted by atomic mass is 32.2. The maximum atomic E-state index is 13.0.